The molecule has 0 atom stereocenters. The number of aromatic nitrogens is 5. The van der Waals surface area contributed by atoms with Crippen molar-refractivity contribution >= 4 is 11.0 Å². The van der Waals surface area contributed by atoms with Crippen LogP contribution in [0.1, 0.15) is 31.0 Å². The van der Waals surface area contributed by atoms with Crippen LogP contribution >= 0.6 is 0 Å². The van der Waals surface area contributed by atoms with Gasteiger partial charge < -0.3 is 4.57 Å². The van der Waals surface area contributed by atoms with Crippen LogP contribution in [0.15, 0.2) is 73.1 Å². The molecule has 0 saturated carbocycles. The number of aryl methyl sites for hydroxylation is 1. The maximum absolute atomic E-state index is 13.9. The van der Waals surface area contributed by atoms with E-state index in [2.05, 4.69) is 53.0 Å². The quantitative estimate of drug-likeness (QED) is 0.345. The van der Waals surface area contributed by atoms with Crippen LogP contribution in [-0.2, 0) is 6.54 Å². The van der Waals surface area contributed by atoms with E-state index in [0.717, 1.165) is 33.5 Å². The molecule has 5 nitrogen and oxygen atoms in total. The molecule has 0 N–H and O–H groups in total. The largest absolute Gasteiger partial charge is 0.326 e. The summed E-state index contributed by atoms with van der Waals surface area (Å²) in [6, 6.07) is 21.8. The fourth-order valence-electron chi connectivity index (χ4n) is 4.05. The van der Waals surface area contributed by atoms with Gasteiger partial charge in [0.2, 0.25) is 0 Å². The summed E-state index contributed by atoms with van der Waals surface area (Å²) in [7, 11) is 0. The molecule has 0 fully saturated rings. The van der Waals surface area contributed by atoms with Gasteiger partial charge in [-0.15, -0.1) is 5.10 Å². The van der Waals surface area contributed by atoms with E-state index in [1.165, 1.54) is 11.6 Å². The highest BCUT2D eigenvalue weighted by Crippen LogP contribution is 2.34. The van der Waals surface area contributed by atoms with Crippen molar-refractivity contribution < 1.29 is 4.39 Å². The first kappa shape index (κ1) is 20.1. The van der Waals surface area contributed by atoms with Gasteiger partial charge in [0, 0.05) is 23.7 Å². The summed E-state index contributed by atoms with van der Waals surface area (Å²) in [4.78, 5) is 4.76. The van der Waals surface area contributed by atoms with E-state index in [4.69, 9.17) is 4.98 Å². The van der Waals surface area contributed by atoms with Crippen molar-refractivity contribution in [1.82, 2.24) is 24.5 Å². The lowest BCUT2D eigenvalue weighted by Gasteiger charge is -2.12. The Labute approximate surface area is 186 Å². The number of rotatable bonds is 5. The van der Waals surface area contributed by atoms with E-state index in [1.807, 2.05) is 41.3 Å². The Morgan fingerprint density at radius 3 is 2.47 bits per heavy atom. The SMILES string of the molecule is Cc1cc(-c2ncn(Cc3ccccc3)c2-c2ccc3nnn(C(C)C)c3c2)ccc1F. The minimum atomic E-state index is -0.215. The molecule has 6 heteroatoms. The van der Waals surface area contributed by atoms with Gasteiger partial charge in [-0.25, -0.2) is 14.1 Å². The lowest BCUT2D eigenvalue weighted by atomic mass is 10.0. The second-order valence-corrected chi connectivity index (χ2v) is 8.35. The minimum absolute atomic E-state index is 0.198. The number of fused-ring (bicyclic) bond motifs is 1. The topological polar surface area (TPSA) is 48.5 Å². The molecule has 160 valence electrons. The Kier molecular flexibility index (Phi) is 5.05. The van der Waals surface area contributed by atoms with Crippen LogP contribution in [0.2, 0.25) is 0 Å². The van der Waals surface area contributed by atoms with Crippen molar-refractivity contribution in [2.24, 2.45) is 0 Å². The van der Waals surface area contributed by atoms with E-state index in [-0.39, 0.29) is 11.9 Å². The number of halogens is 1. The number of hydrogen-bond donors (Lipinski definition) is 0. The van der Waals surface area contributed by atoms with E-state index < -0.39 is 0 Å². The van der Waals surface area contributed by atoms with E-state index in [1.54, 1.807) is 13.0 Å². The number of benzene rings is 3. The van der Waals surface area contributed by atoms with Crippen molar-refractivity contribution in [3.05, 3.63) is 90.0 Å². The molecule has 0 amide bonds. The van der Waals surface area contributed by atoms with Crippen molar-refractivity contribution in [1.29, 1.82) is 0 Å². The average molecular weight is 426 g/mol. The zero-order valence-corrected chi connectivity index (χ0v) is 18.3. The molecule has 5 aromatic rings. The summed E-state index contributed by atoms with van der Waals surface area (Å²) in [5.74, 6) is -0.215. The highest BCUT2D eigenvalue weighted by Gasteiger charge is 2.18. The van der Waals surface area contributed by atoms with Crippen LogP contribution in [-0.4, -0.2) is 24.5 Å². The lowest BCUT2D eigenvalue weighted by molar-refractivity contribution is 0.530. The Morgan fingerprint density at radius 1 is 0.938 bits per heavy atom. The molecule has 0 aliphatic rings. The van der Waals surface area contributed by atoms with Gasteiger partial charge in [0.25, 0.3) is 0 Å². The van der Waals surface area contributed by atoms with Gasteiger partial charge in [0.1, 0.15) is 11.3 Å². The van der Waals surface area contributed by atoms with Crippen LogP contribution in [0.5, 0.6) is 0 Å². The van der Waals surface area contributed by atoms with E-state index in [9.17, 15) is 4.39 Å². The van der Waals surface area contributed by atoms with Gasteiger partial charge in [0.15, 0.2) is 0 Å². The highest BCUT2D eigenvalue weighted by atomic mass is 19.1. The molecule has 0 spiro atoms. The molecular weight excluding hydrogens is 401 g/mol. The fourth-order valence-corrected chi connectivity index (χ4v) is 4.05. The van der Waals surface area contributed by atoms with Gasteiger partial charge in [-0.05, 0) is 62.2 Å². The molecule has 0 aliphatic carbocycles. The van der Waals surface area contributed by atoms with Crippen molar-refractivity contribution in [3.63, 3.8) is 0 Å². The Balaban J connectivity index is 1.71. The number of hydrogen-bond acceptors (Lipinski definition) is 3. The van der Waals surface area contributed by atoms with Crippen molar-refractivity contribution in [2.75, 3.05) is 0 Å². The van der Waals surface area contributed by atoms with E-state index >= 15 is 0 Å². The Bertz CT molecular complexity index is 1400. The molecule has 0 unspecified atom stereocenters. The summed E-state index contributed by atoms with van der Waals surface area (Å²) in [6.45, 7) is 6.64. The van der Waals surface area contributed by atoms with Gasteiger partial charge in [-0.3, -0.25) is 0 Å². The molecule has 5 rings (SSSR count). The Hall–Kier alpha value is -3.80. The first-order chi connectivity index (χ1) is 15.5. The second-order valence-electron chi connectivity index (χ2n) is 8.35. The summed E-state index contributed by atoms with van der Waals surface area (Å²) < 4.78 is 18.0. The third-order valence-corrected chi connectivity index (χ3v) is 5.70. The van der Waals surface area contributed by atoms with Crippen molar-refractivity contribution in [2.45, 2.75) is 33.4 Å². The molecule has 0 aliphatic heterocycles. The van der Waals surface area contributed by atoms with Crippen LogP contribution in [0, 0.1) is 12.7 Å². The number of nitrogens with zero attached hydrogens (tertiary/aromatic N) is 5. The molecule has 0 saturated heterocycles. The molecular formula is C26H24FN5. The molecule has 3 aromatic carbocycles. The maximum atomic E-state index is 13.9. The molecule has 0 bridgehead atoms. The fraction of sp³-hybridized carbons (Fsp3) is 0.192. The second kappa shape index (κ2) is 8.04. The summed E-state index contributed by atoms with van der Waals surface area (Å²) in [5.41, 5.74) is 7.34. The first-order valence-electron chi connectivity index (χ1n) is 10.7. The minimum Gasteiger partial charge on any atom is -0.326 e. The van der Waals surface area contributed by atoms with Crippen LogP contribution < -0.4 is 0 Å². The summed E-state index contributed by atoms with van der Waals surface area (Å²) >= 11 is 0. The third-order valence-electron chi connectivity index (χ3n) is 5.70. The van der Waals surface area contributed by atoms with Crippen LogP contribution in [0.3, 0.4) is 0 Å². The normalized spacial score (nSPS) is 11.5. The smallest absolute Gasteiger partial charge is 0.126 e. The molecule has 32 heavy (non-hydrogen) atoms. The zero-order chi connectivity index (χ0) is 22.2. The lowest BCUT2D eigenvalue weighted by Crippen LogP contribution is -2.03. The molecule has 2 aromatic heterocycles. The van der Waals surface area contributed by atoms with Crippen LogP contribution in [0.25, 0.3) is 33.5 Å². The predicted molar refractivity (Wildman–Crippen MR) is 125 cm³/mol. The van der Waals surface area contributed by atoms with Gasteiger partial charge in [-0.2, -0.15) is 0 Å². The predicted octanol–water partition coefficient (Wildman–Crippen LogP) is 6.04. The standard InChI is InChI=1S/C26H24FN5/c1-17(2)32-24-14-21(10-12-23(24)29-30-32)26-25(20-9-11-22(27)18(3)13-20)28-16-31(26)15-19-7-5-4-6-8-19/h4-14,16-17H,15H2,1-3H3. The average Bonchev–Trinajstić information content (AvgIpc) is 3.40. The van der Waals surface area contributed by atoms with Crippen molar-refractivity contribution in [3.8, 4) is 22.5 Å². The van der Waals surface area contributed by atoms with Gasteiger partial charge in [-0.1, -0.05) is 41.6 Å². The van der Waals surface area contributed by atoms with E-state index in [0.29, 0.717) is 12.1 Å². The zero-order valence-electron chi connectivity index (χ0n) is 18.3. The molecule has 0 radical (unpaired) electrons. The Morgan fingerprint density at radius 2 is 1.72 bits per heavy atom. The summed E-state index contributed by atoms with van der Waals surface area (Å²) in [6.07, 6.45) is 1.86. The van der Waals surface area contributed by atoms with Crippen LogP contribution in [0.4, 0.5) is 4.39 Å². The first-order valence-corrected chi connectivity index (χ1v) is 10.7. The molecule has 2 heterocycles. The maximum Gasteiger partial charge on any atom is 0.126 e. The monoisotopic (exact) mass is 425 g/mol. The van der Waals surface area contributed by atoms with Gasteiger partial charge in [0.05, 0.1) is 23.2 Å². The summed E-state index contributed by atoms with van der Waals surface area (Å²) in [5, 5.41) is 8.62. The number of imidazole rings is 1. The third kappa shape index (κ3) is 3.58. The highest BCUT2D eigenvalue weighted by molar-refractivity contribution is 5.86. The van der Waals surface area contributed by atoms with Gasteiger partial charge >= 0.3 is 0 Å².